The monoisotopic (exact) mass is 306 g/mol. The van der Waals surface area contributed by atoms with Crippen LogP contribution in [0.15, 0.2) is 12.3 Å². The van der Waals surface area contributed by atoms with Crippen molar-refractivity contribution < 1.29 is 23.1 Å². The third-order valence-corrected chi connectivity index (χ3v) is 3.07. The van der Waals surface area contributed by atoms with Gasteiger partial charge in [0.2, 0.25) is 0 Å². The second-order valence-corrected chi connectivity index (χ2v) is 4.98. The number of hydrogen-bond donors (Lipinski definition) is 1. The lowest BCUT2D eigenvalue weighted by Gasteiger charge is -2.11. The lowest BCUT2D eigenvalue weighted by molar-refractivity contribution is -0.137. The summed E-state index contributed by atoms with van der Waals surface area (Å²) in [7, 11) is 0. The molecule has 0 spiro atoms. The van der Waals surface area contributed by atoms with Gasteiger partial charge in [-0.05, 0) is 12.0 Å². The summed E-state index contributed by atoms with van der Waals surface area (Å²) in [6, 6.07) is 0.736. The highest BCUT2D eigenvalue weighted by Crippen LogP contribution is 2.34. The normalized spacial score (nSPS) is 12.3. The van der Waals surface area contributed by atoms with E-state index in [0.717, 1.165) is 16.7 Å². The smallest absolute Gasteiger partial charge is 0.417 e. The van der Waals surface area contributed by atoms with Crippen molar-refractivity contribution in [1.29, 1.82) is 0 Å². The van der Waals surface area contributed by atoms with Crippen molar-refractivity contribution in [3.63, 3.8) is 0 Å². The molecule has 0 amide bonds. The fourth-order valence-corrected chi connectivity index (χ4v) is 2.24. The van der Waals surface area contributed by atoms with Gasteiger partial charge < -0.3 is 9.51 Å². The van der Waals surface area contributed by atoms with E-state index in [0.29, 0.717) is 0 Å². The molecule has 20 heavy (non-hydrogen) atoms. The predicted octanol–water partition coefficient (Wildman–Crippen LogP) is 3.83. The standard InChI is InChI=1S/C12H10ClF3N2O2/c1-5(2)9-8(11(19)20)17-10-7(13)3-6(4-18(9)10)12(14,15)16/h3-5H,1-2H3,(H,19,20). The average molecular weight is 307 g/mol. The minimum absolute atomic E-state index is 0.000710. The number of hydrogen-bond acceptors (Lipinski definition) is 2. The molecule has 4 nitrogen and oxygen atoms in total. The maximum Gasteiger partial charge on any atom is 0.417 e. The molecule has 2 aromatic rings. The van der Waals surface area contributed by atoms with Crippen LogP contribution in [0.1, 0.15) is 41.5 Å². The minimum Gasteiger partial charge on any atom is -0.476 e. The number of halogens is 4. The zero-order valence-electron chi connectivity index (χ0n) is 10.5. The van der Waals surface area contributed by atoms with Crippen LogP contribution in [0.2, 0.25) is 5.02 Å². The molecule has 1 N–H and O–H groups in total. The van der Waals surface area contributed by atoms with Crippen LogP contribution in [-0.2, 0) is 6.18 Å². The minimum atomic E-state index is -4.57. The number of carboxylic acid groups (broad SMARTS) is 1. The number of fused-ring (bicyclic) bond motifs is 1. The molecule has 0 radical (unpaired) electrons. The van der Waals surface area contributed by atoms with Gasteiger partial charge in [-0.3, -0.25) is 0 Å². The van der Waals surface area contributed by atoms with Crippen LogP contribution in [0.4, 0.5) is 13.2 Å². The third-order valence-electron chi connectivity index (χ3n) is 2.79. The quantitative estimate of drug-likeness (QED) is 0.917. The van der Waals surface area contributed by atoms with Crippen molar-refractivity contribution in [2.24, 2.45) is 0 Å². The average Bonchev–Trinajstić information content (AvgIpc) is 2.67. The molecular weight excluding hydrogens is 297 g/mol. The molecule has 0 aliphatic rings. The van der Waals surface area contributed by atoms with E-state index in [1.165, 1.54) is 0 Å². The van der Waals surface area contributed by atoms with Gasteiger partial charge in [0.25, 0.3) is 0 Å². The summed E-state index contributed by atoms with van der Waals surface area (Å²) in [5.41, 5.74) is -1.06. The highest BCUT2D eigenvalue weighted by atomic mass is 35.5. The number of carbonyl (C=O) groups is 1. The van der Waals surface area contributed by atoms with E-state index in [1.54, 1.807) is 13.8 Å². The van der Waals surface area contributed by atoms with E-state index in [1.807, 2.05) is 0 Å². The van der Waals surface area contributed by atoms with E-state index in [4.69, 9.17) is 16.7 Å². The molecule has 0 aliphatic heterocycles. The van der Waals surface area contributed by atoms with E-state index >= 15 is 0 Å². The Morgan fingerprint density at radius 2 is 2.05 bits per heavy atom. The lowest BCUT2D eigenvalue weighted by atomic mass is 10.1. The molecule has 0 aliphatic carbocycles. The molecule has 8 heteroatoms. The second-order valence-electron chi connectivity index (χ2n) is 4.57. The molecule has 0 fully saturated rings. The first-order valence-electron chi connectivity index (χ1n) is 5.65. The summed E-state index contributed by atoms with van der Waals surface area (Å²) in [6.07, 6.45) is -3.75. The highest BCUT2D eigenvalue weighted by molar-refractivity contribution is 6.33. The Balaban J connectivity index is 2.87. The van der Waals surface area contributed by atoms with Crippen LogP contribution in [0.3, 0.4) is 0 Å². The first-order valence-corrected chi connectivity index (χ1v) is 6.02. The van der Waals surface area contributed by atoms with Crippen LogP contribution in [0, 0.1) is 0 Å². The Labute approximate surface area is 116 Å². The van der Waals surface area contributed by atoms with Gasteiger partial charge in [0.15, 0.2) is 11.3 Å². The number of imidazole rings is 1. The van der Waals surface area contributed by atoms with Crippen LogP contribution in [0.5, 0.6) is 0 Å². The molecule has 2 heterocycles. The number of aromatic carboxylic acids is 1. The zero-order chi connectivity index (χ0) is 15.2. The molecule has 0 unspecified atom stereocenters. The molecule has 0 bridgehead atoms. The van der Waals surface area contributed by atoms with E-state index in [-0.39, 0.29) is 28.0 Å². The molecular formula is C12H10ClF3N2O2. The van der Waals surface area contributed by atoms with Gasteiger partial charge in [0, 0.05) is 6.20 Å². The van der Waals surface area contributed by atoms with Gasteiger partial charge >= 0.3 is 12.1 Å². The van der Waals surface area contributed by atoms with Crippen molar-refractivity contribution in [1.82, 2.24) is 9.38 Å². The SMILES string of the molecule is CC(C)c1c(C(=O)O)nc2c(Cl)cc(C(F)(F)F)cn12. The Bertz CT molecular complexity index is 692. The highest BCUT2D eigenvalue weighted by Gasteiger charge is 2.33. The van der Waals surface area contributed by atoms with Crippen LogP contribution >= 0.6 is 11.6 Å². The molecule has 0 saturated carbocycles. The number of pyridine rings is 1. The number of carboxylic acids is 1. The van der Waals surface area contributed by atoms with Crippen LogP contribution in [0.25, 0.3) is 5.65 Å². The Morgan fingerprint density at radius 3 is 2.50 bits per heavy atom. The summed E-state index contributed by atoms with van der Waals surface area (Å²) in [6.45, 7) is 3.34. The first kappa shape index (κ1) is 14.6. The topological polar surface area (TPSA) is 54.6 Å². The Morgan fingerprint density at radius 1 is 1.45 bits per heavy atom. The summed E-state index contributed by atoms with van der Waals surface area (Å²) >= 11 is 5.79. The van der Waals surface area contributed by atoms with Gasteiger partial charge in [0.05, 0.1) is 16.3 Å². The first-order chi connectivity index (χ1) is 9.12. The summed E-state index contributed by atoms with van der Waals surface area (Å²) in [5, 5.41) is 8.85. The van der Waals surface area contributed by atoms with Gasteiger partial charge in [-0.1, -0.05) is 25.4 Å². The van der Waals surface area contributed by atoms with E-state index in [2.05, 4.69) is 4.98 Å². The maximum atomic E-state index is 12.8. The van der Waals surface area contributed by atoms with Gasteiger partial charge in [-0.2, -0.15) is 13.2 Å². The van der Waals surface area contributed by atoms with Crippen LogP contribution in [-0.4, -0.2) is 20.5 Å². The second kappa shape index (κ2) is 4.66. The fourth-order valence-electron chi connectivity index (χ4n) is 1.99. The summed E-state index contributed by atoms with van der Waals surface area (Å²) in [5.74, 6) is -1.63. The molecule has 108 valence electrons. The molecule has 2 aromatic heterocycles. The van der Waals surface area contributed by atoms with E-state index < -0.39 is 17.7 Å². The number of nitrogens with zero attached hydrogens (tertiary/aromatic N) is 2. The van der Waals surface area contributed by atoms with Gasteiger partial charge in [-0.25, -0.2) is 9.78 Å². The Hall–Kier alpha value is -1.76. The van der Waals surface area contributed by atoms with Gasteiger partial charge in [-0.15, -0.1) is 0 Å². The Kier molecular flexibility index (Phi) is 3.41. The summed E-state index contributed by atoms with van der Waals surface area (Å²) in [4.78, 5) is 15.0. The van der Waals surface area contributed by atoms with Crippen molar-refractivity contribution >= 4 is 23.2 Å². The lowest BCUT2D eigenvalue weighted by Crippen LogP contribution is -2.09. The number of alkyl halides is 3. The molecule has 2 rings (SSSR count). The van der Waals surface area contributed by atoms with E-state index in [9.17, 15) is 18.0 Å². The summed E-state index contributed by atoms with van der Waals surface area (Å²) < 4.78 is 39.5. The number of rotatable bonds is 2. The fraction of sp³-hybridized carbons (Fsp3) is 0.333. The van der Waals surface area contributed by atoms with Crippen molar-refractivity contribution in [2.75, 3.05) is 0 Å². The largest absolute Gasteiger partial charge is 0.476 e. The van der Waals surface area contributed by atoms with Crippen molar-refractivity contribution in [3.8, 4) is 0 Å². The molecule has 0 saturated heterocycles. The van der Waals surface area contributed by atoms with Gasteiger partial charge in [0.1, 0.15) is 0 Å². The molecule has 0 atom stereocenters. The third kappa shape index (κ3) is 2.33. The van der Waals surface area contributed by atoms with Crippen molar-refractivity contribution in [3.05, 3.63) is 34.2 Å². The number of aromatic nitrogens is 2. The van der Waals surface area contributed by atoms with Crippen LogP contribution < -0.4 is 0 Å². The van der Waals surface area contributed by atoms with Crippen molar-refractivity contribution in [2.45, 2.75) is 25.9 Å². The zero-order valence-corrected chi connectivity index (χ0v) is 11.2. The predicted molar refractivity (Wildman–Crippen MR) is 66.3 cm³/mol. The maximum absolute atomic E-state index is 12.8. The molecule has 0 aromatic carbocycles.